The number of aryl methyl sites for hydroxylation is 2. The molecule has 0 aliphatic carbocycles. The highest BCUT2D eigenvalue weighted by Crippen LogP contribution is 2.45. The number of ether oxygens (including phenoxy) is 3. The van der Waals surface area contributed by atoms with Crippen molar-refractivity contribution in [3.8, 4) is 11.5 Å². The molecule has 196 valence electrons. The first-order valence-corrected chi connectivity index (χ1v) is 13.0. The topological polar surface area (TPSA) is 108 Å². The van der Waals surface area contributed by atoms with Crippen LogP contribution in [0.25, 0.3) is 11.0 Å². The highest BCUT2D eigenvalue weighted by atomic mass is 32.1. The molecule has 0 fully saturated rings. The maximum atomic E-state index is 13.9. The molecule has 0 saturated heterocycles. The molecule has 1 amide bonds. The summed E-state index contributed by atoms with van der Waals surface area (Å²) in [5.74, 6) is -0.105. The number of aromatic nitrogens is 1. The Balaban J connectivity index is 1.77. The quantitative estimate of drug-likeness (QED) is 0.298. The maximum Gasteiger partial charge on any atom is 0.350 e. The van der Waals surface area contributed by atoms with Crippen LogP contribution < -0.4 is 19.8 Å². The van der Waals surface area contributed by atoms with Crippen molar-refractivity contribution in [3.63, 3.8) is 0 Å². The van der Waals surface area contributed by atoms with E-state index in [-0.39, 0.29) is 26.8 Å². The predicted molar refractivity (Wildman–Crippen MR) is 143 cm³/mol. The lowest BCUT2D eigenvalue weighted by Crippen LogP contribution is -2.29. The molecule has 3 heterocycles. The summed E-state index contributed by atoms with van der Waals surface area (Å²) in [5, 5.41) is 0.626. The van der Waals surface area contributed by atoms with E-state index >= 15 is 0 Å². The van der Waals surface area contributed by atoms with Gasteiger partial charge in [-0.25, -0.2) is 9.78 Å². The average molecular weight is 535 g/mol. The molecule has 0 N–H and O–H groups in total. The van der Waals surface area contributed by atoms with Crippen LogP contribution in [0.3, 0.4) is 0 Å². The summed E-state index contributed by atoms with van der Waals surface area (Å²) in [6.45, 7) is 8.12. The molecule has 9 nitrogen and oxygen atoms in total. The van der Waals surface area contributed by atoms with Gasteiger partial charge in [-0.3, -0.25) is 14.5 Å². The summed E-state index contributed by atoms with van der Waals surface area (Å²) in [6.07, 6.45) is 0. The predicted octanol–water partition coefficient (Wildman–Crippen LogP) is 5.20. The molecule has 2 aromatic carbocycles. The lowest BCUT2D eigenvalue weighted by Gasteiger charge is -2.23. The van der Waals surface area contributed by atoms with Crippen LogP contribution in [-0.2, 0) is 4.74 Å². The third-order valence-electron chi connectivity index (χ3n) is 6.27. The molecular weight excluding hydrogens is 508 g/mol. The molecular formula is C28H26N2O7S. The molecule has 0 bridgehead atoms. The van der Waals surface area contributed by atoms with Gasteiger partial charge in [0.15, 0.2) is 22.1 Å². The van der Waals surface area contributed by atoms with Gasteiger partial charge < -0.3 is 18.6 Å². The fraction of sp³-hybridized carbons (Fsp3) is 0.286. The molecule has 5 rings (SSSR count). The van der Waals surface area contributed by atoms with Gasteiger partial charge in [-0.2, -0.15) is 0 Å². The monoisotopic (exact) mass is 534 g/mol. The third kappa shape index (κ3) is 4.10. The Labute approximate surface area is 222 Å². The Bertz CT molecular complexity index is 1640. The van der Waals surface area contributed by atoms with E-state index in [2.05, 4.69) is 4.98 Å². The zero-order valence-electron chi connectivity index (χ0n) is 21.6. The van der Waals surface area contributed by atoms with E-state index in [1.54, 1.807) is 37.3 Å². The lowest BCUT2D eigenvalue weighted by molar-refractivity contribution is 0.0605. The van der Waals surface area contributed by atoms with Gasteiger partial charge in [0, 0.05) is 0 Å². The highest BCUT2D eigenvalue weighted by Gasteiger charge is 2.45. The number of rotatable bonds is 7. The zero-order chi connectivity index (χ0) is 27.1. The Hall–Kier alpha value is -4.18. The van der Waals surface area contributed by atoms with Gasteiger partial charge >= 0.3 is 5.97 Å². The van der Waals surface area contributed by atoms with Crippen LogP contribution in [0, 0.1) is 13.8 Å². The van der Waals surface area contributed by atoms with Crippen LogP contribution in [0.2, 0.25) is 0 Å². The molecule has 38 heavy (non-hydrogen) atoms. The van der Waals surface area contributed by atoms with E-state index < -0.39 is 17.9 Å². The number of hydrogen-bond acceptors (Lipinski definition) is 9. The van der Waals surface area contributed by atoms with Crippen molar-refractivity contribution >= 4 is 39.3 Å². The van der Waals surface area contributed by atoms with Crippen molar-refractivity contribution in [1.29, 1.82) is 0 Å². The molecule has 1 aliphatic heterocycles. The summed E-state index contributed by atoms with van der Waals surface area (Å²) in [4.78, 5) is 46.3. The number of nitrogens with zero attached hydrogens (tertiary/aromatic N) is 2. The molecule has 1 aliphatic rings. The summed E-state index contributed by atoms with van der Waals surface area (Å²) in [5.41, 5.74) is 2.13. The van der Waals surface area contributed by atoms with E-state index in [4.69, 9.17) is 18.6 Å². The second-order valence-electron chi connectivity index (χ2n) is 8.73. The van der Waals surface area contributed by atoms with E-state index in [0.717, 1.165) is 16.9 Å². The van der Waals surface area contributed by atoms with Crippen molar-refractivity contribution in [2.24, 2.45) is 0 Å². The van der Waals surface area contributed by atoms with Gasteiger partial charge in [0.25, 0.3) is 5.91 Å². The van der Waals surface area contributed by atoms with E-state index in [9.17, 15) is 14.4 Å². The van der Waals surface area contributed by atoms with E-state index in [1.165, 1.54) is 12.0 Å². The number of esters is 1. The normalized spacial score (nSPS) is 14.6. The number of anilines is 1. The Morgan fingerprint density at radius 3 is 2.50 bits per heavy atom. The molecule has 4 aromatic rings. The summed E-state index contributed by atoms with van der Waals surface area (Å²) < 4.78 is 22.5. The first-order chi connectivity index (χ1) is 18.3. The molecule has 10 heteroatoms. The zero-order valence-corrected chi connectivity index (χ0v) is 22.4. The maximum absolute atomic E-state index is 13.9. The van der Waals surface area contributed by atoms with Crippen LogP contribution in [0.5, 0.6) is 11.5 Å². The van der Waals surface area contributed by atoms with Crippen LogP contribution in [0.15, 0.2) is 45.6 Å². The molecule has 0 saturated carbocycles. The minimum Gasteiger partial charge on any atom is -0.490 e. The molecule has 1 atom stereocenters. The minimum atomic E-state index is -0.871. The number of hydrogen-bond donors (Lipinski definition) is 0. The first kappa shape index (κ1) is 25.5. The second-order valence-corrected chi connectivity index (χ2v) is 9.70. The average Bonchev–Trinajstić information content (AvgIpc) is 3.42. The Morgan fingerprint density at radius 1 is 1.05 bits per heavy atom. The second kappa shape index (κ2) is 9.94. The third-order valence-corrected chi connectivity index (χ3v) is 7.41. The van der Waals surface area contributed by atoms with Gasteiger partial charge in [0.2, 0.25) is 5.76 Å². The number of benzene rings is 2. The van der Waals surface area contributed by atoms with Crippen molar-refractivity contribution in [2.45, 2.75) is 33.7 Å². The minimum absolute atomic E-state index is 0.0596. The molecule has 1 unspecified atom stereocenters. The largest absolute Gasteiger partial charge is 0.490 e. The lowest BCUT2D eigenvalue weighted by atomic mass is 9.98. The molecule has 2 aromatic heterocycles. The van der Waals surface area contributed by atoms with Crippen LogP contribution >= 0.6 is 11.3 Å². The van der Waals surface area contributed by atoms with Crippen molar-refractivity contribution in [3.05, 3.63) is 79.6 Å². The first-order valence-electron chi connectivity index (χ1n) is 12.1. The van der Waals surface area contributed by atoms with Gasteiger partial charge in [-0.1, -0.05) is 29.0 Å². The molecule has 0 radical (unpaired) electrons. The number of fused-ring (bicyclic) bond motifs is 2. The SMILES string of the molecule is CCOc1ccc(C2c3c(oc4ccc(C)cc4c3=O)C(=O)N2c2nc(C)c(C(=O)OC)s2)cc1OCC. The van der Waals surface area contributed by atoms with Crippen molar-refractivity contribution in [2.75, 3.05) is 25.2 Å². The van der Waals surface area contributed by atoms with Crippen LogP contribution in [0.4, 0.5) is 5.13 Å². The summed E-state index contributed by atoms with van der Waals surface area (Å²) in [6, 6.07) is 9.68. The van der Waals surface area contributed by atoms with Crippen LogP contribution in [-0.4, -0.2) is 37.2 Å². The molecule has 0 spiro atoms. The Morgan fingerprint density at radius 2 is 1.79 bits per heavy atom. The fourth-order valence-corrected chi connectivity index (χ4v) is 5.62. The van der Waals surface area contributed by atoms with Gasteiger partial charge in [-0.05, 0) is 57.5 Å². The number of methoxy groups -OCH3 is 1. The van der Waals surface area contributed by atoms with Crippen molar-refractivity contribution < 1.29 is 28.2 Å². The Kier molecular flexibility index (Phi) is 6.66. The summed E-state index contributed by atoms with van der Waals surface area (Å²) >= 11 is 1.02. The number of carbonyl (C=O) groups is 2. The smallest absolute Gasteiger partial charge is 0.350 e. The van der Waals surface area contributed by atoms with Crippen molar-refractivity contribution in [1.82, 2.24) is 4.98 Å². The number of carbonyl (C=O) groups excluding carboxylic acids is 2. The standard InChI is InChI=1S/C28H26N2O7S/c1-6-35-19-11-9-16(13-20(19)36-7-2)22-21-23(31)17-12-14(3)8-10-18(17)37-24(21)26(32)30(22)28-29-15(4)25(38-28)27(33)34-5/h8-13,22H,6-7H2,1-5H3. The fourth-order valence-electron chi connectivity index (χ4n) is 4.60. The summed E-state index contributed by atoms with van der Waals surface area (Å²) in [7, 11) is 1.28. The van der Waals surface area contributed by atoms with Gasteiger partial charge in [0.05, 0.1) is 43.0 Å². The van der Waals surface area contributed by atoms with Gasteiger partial charge in [0.1, 0.15) is 10.5 Å². The van der Waals surface area contributed by atoms with E-state index in [1.807, 2.05) is 26.8 Å². The number of amides is 1. The number of thiazole rings is 1. The van der Waals surface area contributed by atoms with Crippen LogP contribution in [0.1, 0.15) is 62.5 Å². The highest BCUT2D eigenvalue weighted by molar-refractivity contribution is 7.17. The van der Waals surface area contributed by atoms with E-state index in [0.29, 0.717) is 46.9 Å². The van der Waals surface area contributed by atoms with Gasteiger partial charge in [-0.15, -0.1) is 0 Å².